The molecule has 0 aliphatic rings. The summed E-state index contributed by atoms with van der Waals surface area (Å²) >= 11 is 0. The first kappa shape index (κ1) is 29.1. The van der Waals surface area contributed by atoms with Crippen molar-refractivity contribution in [2.45, 2.75) is 142 Å². The summed E-state index contributed by atoms with van der Waals surface area (Å²) in [4.78, 5) is 0. The number of ether oxygens (including phenoxy) is 2. The second kappa shape index (κ2) is 24.4. The Balaban J connectivity index is 3.28. The van der Waals surface area contributed by atoms with Gasteiger partial charge in [-0.3, -0.25) is 0 Å². The van der Waals surface area contributed by atoms with Crippen molar-refractivity contribution in [1.29, 1.82) is 0 Å². The Morgan fingerprint density at radius 2 is 0.733 bits per heavy atom. The first-order valence-corrected chi connectivity index (χ1v) is 13.3. The number of rotatable bonds is 25. The maximum absolute atomic E-state index is 5.76. The molecule has 178 valence electrons. The lowest BCUT2D eigenvalue weighted by atomic mass is 10.1. The van der Waals surface area contributed by atoms with Crippen LogP contribution in [0.25, 0.3) is 0 Å². The summed E-state index contributed by atoms with van der Waals surface area (Å²) in [6.45, 7) is 14.2. The van der Waals surface area contributed by atoms with Crippen molar-refractivity contribution in [2.24, 2.45) is 0 Å². The van der Waals surface area contributed by atoms with Crippen LogP contribution in [0, 0.1) is 0 Å². The third-order valence-electron chi connectivity index (χ3n) is 5.77. The van der Waals surface area contributed by atoms with Crippen LogP contribution in [0.3, 0.4) is 0 Å². The van der Waals surface area contributed by atoms with Crippen molar-refractivity contribution in [3.05, 3.63) is 24.7 Å². The molecule has 0 aromatic rings. The first-order chi connectivity index (χ1) is 14.7. The highest BCUT2D eigenvalue weighted by molar-refractivity contribution is 4.82. The van der Waals surface area contributed by atoms with E-state index in [1.54, 1.807) is 0 Å². The van der Waals surface area contributed by atoms with E-state index >= 15 is 0 Å². The van der Waals surface area contributed by atoms with Crippen LogP contribution in [0.15, 0.2) is 24.7 Å². The predicted molar refractivity (Wildman–Crippen MR) is 134 cm³/mol. The lowest BCUT2D eigenvalue weighted by Crippen LogP contribution is -1.99. The molecule has 0 fully saturated rings. The van der Waals surface area contributed by atoms with Crippen molar-refractivity contribution in [1.82, 2.24) is 0 Å². The minimum absolute atomic E-state index is 0.768. The molecule has 0 aliphatic heterocycles. The molecular weight excluding hydrogens is 368 g/mol. The molecule has 2 heteroatoms. The Kier molecular flexibility index (Phi) is 23.6. The second-order valence-corrected chi connectivity index (χ2v) is 8.93. The van der Waals surface area contributed by atoms with E-state index < -0.39 is 0 Å². The van der Waals surface area contributed by atoms with Gasteiger partial charge in [0.1, 0.15) is 0 Å². The Labute approximate surface area is 189 Å². The number of hydrogen-bond acceptors (Lipinski definition) is 2. The van der Waals surface area contributed by atoms with Crippen LogP contribution in [0.1, 0.15) is 142 Å². The van der Waals surface area contributed by atoms with Crippen LogP contribution in [0.5, 0.6) is 0 Å². The highest BCUT2D eigenvalue weighted by atomic mass is 16.5. The molecule has 0 saturated carbocycles. The van der Waals surface area contributed by atoms with Crippen LogP contribution >= 0.6 is 0 Å². The molecule has 0 aromatic carbocycles. The number of unbranched alkanes of at least 4 members (excludes halogenated alkanes) is 15. The quantitative estimate of drug-likeness (QED) is 0.108. The van der Waals surface area contributed by atoms with Gasteiger partial charge in [0.2, 0.25) is 0 Å². The Morgan fingerprint density at radius 3 is 1.07 bits per heavy atom. The molecule has 0 aromatic heterocycles. The van der Waals surface area contributed by atoms with Crippen LogP contribution in [0.4, 0.5) is 0 Å². The third-order valence-corrected chi connectivity index (χ3v) is 5.77. The summed E-state index contributed by atoms with van der Waals surface area (Å²) in [5, 5.41) is 0. The molecule has 2 nitrogen and oxygen atoms in total. The predicted octanol–water partition coefficient (Wildman–Crippen LogP) is 9.89. The number of allylic oxidation sites excluding steroid dienone is 2. The van der Waals surface area contributed by atoms with Gasteiger partial charge in [0.15, 0.2) is 0 Å². The maximum atomic E-state index is 5.76. The molecule has 0 unspecified atom stereocenters. The fraction of sp³-hybridized carbons (Fsp3) is 0.857. The average Bonchev–Trinajstić information content (AvgIpc) is 2.74. The standard InChI is InChI=1S/C28H54O2/c1-5-7-9-11-13-15-17-19-23-27(3)29-25-21-22-26-30-28(4)24-20-18-16-14-12-10-8-6-2/h3-26H2,1-2H3. The van der Waals surface area contributed by atoms with Crippen LogP contribution in [-0.2, 0) is 9.47 Å². The largest absolute Gasteiger partial charge is 0.499 e. The SMILES string of the molecule is C=C(CCCCCCCCCC)OCCCCOC(=C)CCCCCCCCCC. The minimum atomic E-state index is 0.768. The number of hydrogen-bond donors (Lipinski definition) is 0. The van der Waals surface area contributed by atoms with E-state index in [1.165, 1.54) is 103 Å². The molecule has 0 bridgehead atoms. The minimum Gasteiger partial charge on any atom is -0.499 e. The molecule has 0 amide bonds. The van der Waals surface area contributed by atoms with Gasteiger partial charge < -0.3 is 9.47 Å². The molecule has 0 spiro atoms. The van der Waals surface area contributed by atoms with Crippen molar-refractivity contribution in [3.8, 4) is 0 Å². The lowest BCUT2D eigenvalue weighted by Gasteiger charge is -2.11. The van der Waals surface area contributed by atoms with Gasteiger partial charge in [-0.05, 0) is 25.7 Å². The monoisotopic (exact) mass is 422 g/mol. The van der Waals surface area contributed by atoms with E-state index in [4.69, 9.17) is 9.47 Å². The first-order valence-electron chi connectivity index (χ1n) is 13.3. The fourth-order valence-electron chi connectivity index (χ4n) is 3.69. The average molecular weight is 423 g/mol. The summed E-state index contributed by atoms with van der Waals surface area (Å²) in [6, 6.07) is 0. The van der Waals surface area contributed by atoms with Crippen LogP contribution < -0.4 is 0 Å². The second-order valence-electron chi connectivity index (χ2n) is 8.93. The molecular formula is C28H54O2. The molecule has 0 heterocycles. The Hall–Kier alpha value is -0.920. The smallest absolute Gasteiger partial charge is 0.0888 e. The van der Waals surface area contributed by atoms with Gasteiger partial charge in [0.05, 0.1) is 24.7 Å². The maximum Gasteiger partial charge on any atom is 0.0888 e. The van der Waals surface area contributed by atoms with Gasteiger partial charge in [0.25, 0.3) is 0 Å². The van der Waals surface area contributed by atoms with E-state index in [9.17, 15) is 0 Å². The summed E-state index contributed by atoms with van der Waals surface area (Å²) < 4.78 is 11.5. The van der Waals surface area contributed by atoms with Gasteiger partial charge in [-0.1, -0.05) is 117 Å². The van der Waals surface area contributed by atoms with Crippen LogP contribution in [-0.4, -0.2) is 13.2 Å². The van der Waals surface area contributed by atoms with E-state index in [1.807, 2.05) is 0 Å². The summed E-state index contributed by atoms with van der Waals surface area (Å²) in [6.07, 6.45) is 25.7. The zero-order valence-electron chi connectivity index (χ0n) is 20.8. The molecule has 0 atom stereocenters. The topological polar surface area (TPSA) is 18.5 Å². The Morgan fingerprint density at radius 1 is 0.433 bits per heavy atom. The summed E-state index contributed by atoms with van der Waals surface area (Å²) in [7, 11) is 0. The van der Waals surface area contributed by atoms with Gasteiger partial charge in [-0.25, -0.2) is 0 Å². The fourth-order valence-corrected chi connectivity index (χ4v) is 3.69. The molecule has 0 aliphatic carbocycles. The van der Waals surface area contributed by atoms with E-state index in [2.05, 4.69) is 27.0 Å². The van der Waals surface area contributed by atoms with E-state index in [-0.39, 0.29) is 0 Å². The normalized spacial score (nSPS) is 10.9. The molecule has 0 radical (unpaired) electrons. The van der Waals surface area contributed by atoms with Gasteiger partial charge in [0, 0.05) is 12.8 Å². The van der Waals surface area contributed by atoms with Crippen molar-refractivity contribution < 1.29 is 9.47 Å². The molecule has 0 saturated heterocycles. The Bertz CT molecular complexity index is 339. The van der Waals surface area contributed by atoms with E-state index in [0.29, 0.717) is 0 Å². The highest BCUT2D eigenvalue weighted by Gasteiger charge is 1.99. The van der Waals surface area contributed by atoms with Gasteiger partial charge in [-0.2, -0.15) is 0 Å². The highest BCUT2D eigenvalue weighted by Crippen LogP contribution is 2.14. The molecule has 30 heavy (non-hydrogen) atoms. The van der Waals surface area contributed by atoms with Crippen molar-refractivity contribution in [3.63, 3.8) is 0 Å². The third kappa shape index (κ3) is 23.4. The summed E-state index contributed by atoms with van der Waals surface area (Å²) in [5.41, 5.74) is 0. The zero-order valence-corrected chi connectivity index (χ0v) is 20.8. The van der Waals surface area contributed by atoms with Gasteiger partial charge in [-0.15, -0.1) is 0 Å². The molecule has 0 N–H and O–H groups in total. The molecule has 0 rings (SSSR count). The lowest BCUT2D eigenvalue weighted by molar-refractivity contribution is 0.164. The van der Waals surface area contributed by atoms with Crippen LogP contribution in [0.2, 0.25) is 0 Å². The van der Waals surface area contributed by atoms with Gasteiger partial charge >= 0.3 is 0 Å². The zero-order chi connectivity index (χ0) is 22.1. The van der Waals surface area contributed by atoms with E-state index in [0.717, 1.165) is 50.4 Å². The van der Waals surface area contributed by atoms with Crippen molar-refractivity contribution in [2.75, 3.05) is 13.2 Å². The van der Waals surface area contributed by atoms with Crippen molar-refractivity contribution >= 4 is 0 Å². The summed E-state index contributed by atoms with van der Waals surface area (Å²) in [5.74, 6) is 1.92.